The van der Waals surface area contributed by atoms with Crippen molar-refractivity contribution in [3.63, 3.8) is 0 Å². The van der Waals surface area contributed by atoms with Crippen molar-refractivity contribution in [3.05, 3.63) is 89.0 Å². The largest absolute Gasteiger partial charge is 0.462 e. The van der Waals surface area contributed by atoms with Gasteiger partial charge in [-0.3, -0.25) is 14.8 Å². The molecule has 3 aromatic rings. The number of hydroxylamine groups is 1. The van der Waals surface area contributed by atoms with Crippen LogP contribution in [0.1, 0.15) is 70.9 Å². The summed E-state index contributed by atoms with van der Waals surface area (Å²) in [7, 11) is 0. The van der Waals surface area contributed by atoms with E-state index in [0.717, 1.165) is 29.8 Å². The first kappa shape index (κ1) is 27.6. The number of carbonyl (C=O) groups excluding carboxylic acids is 3. The van der Waals surface area contributed by atoms with E-state index in [0.29, 0.717) is 37.3 Å². The van der Waals surface area contributed by atoms with Crippen LogP contribution in [0.15, 0.2) is 60.8 Å². The van der Waals surface area contributed by atoms with Gasteiger partial charge >= 0.3 is 5.97 Å². The van der Waals surface area contributed by atoms with Crippen molar-refractivity contribution in [2.45, 2.75) is 58.5 Å². The Bertz CT molecular complexity index is 1180. The van der Waals surface area contributed by atoms with Crippen LogP contribution in [0.2, 0.25) is 0 Å². The summed E-state index contributed by atoms with van der Waals surface area (Å²) in [5, 5.41) is 12.0. The molecule has 1 aromatic heterocycles. The van der Waals surface area contributed by atoms with E-state index in [1.807, 2.05) is 47.0 Å². The van der Waals surface area contributed by atoms with Crippen LogP contribution in [-0.2, 0) is 28.9 Å². The van der Waals surface area contributed by atoms with E-state index in [4.69, 9.17) is 9.94 Å². The standard InChI is InChI=1S/C28H34N4O5/c1-3-5-11-25-29-18-24(32(25)19-21-12-14-22(15-13-21)28(35)37-4-2)27(34)30-23(17-26(33)31-36)16-20-9-7-6-8-10-20/h6-10,12-15,18,23,36H,3-5,11,16-17,19H2,1-2H3,(H,30,34)(H,31,33). The molecule has 0 aliphatic rings. The lowest BCUT2D eigenvalue weighted by molar-refractivity contribution is -0.129. The second-order valence-electron chi connectivity index (χ2n) is 8.77. The minimum absolute atomic E-state index is 0.0801. The molecule has 0 fully saturated rings. The van der Waals surface area contributed by atoms with Crippen LogP contribution in [0.4, 0.5) is 0 Å². The van der Waals surface area contributed by atoms with Gasteiger partial charge in [0.25, 0.3) is 5.91 Å². The van der Waals surface area contributed by atoms with Gasteiger partial charge in [0.05, 0.1) is 18.4 Å². The number of rotatable bonds is 13. The summed E-state index contributed by atoms with van der Waals surface area (Å²) in [6.07, 6.45) is 4.52. The molecule has 1 atom stereocenters. The lowest BCUT2D eigenvalue weighted by Crippen LogP contribution is -2.41. The zero-order valence-corrected chi connectivity index (χ0v) is 21.3. The number of amides is 2. The summed E-state index contributed by atoms with van der Waals surface area (Å²) in [6, 6.07) is 16.1. The Morgan fingerprint density at radius 2 is 1.76 bits per heavy atom. The van der Waals surface area contributed by atoms with Crippen LogP contribution in [-0.4, -0.2) is 45.2 Å². The highest BCUT2D eigenvalue weighted by Crippen LogP contribution is 2.15. The van der Waals surface area contributed by atoms with Gasteiger partial charge in [0, 0.05) is 25.4 Å². The molecule has 9 heteroatoms. The topological polar surface area (TPSA) is 123 Å². The third kappa shape index (κ3) is 8.01. The van der Waals surface area contributed by atoms with E-state index in [1.165, 1.54) is 0 Å². The number of nitrogens with zero attached hydrogens (tertiary/aromatic N) is 2. The molecule has 37 heavy (non-hydrogen) atoms. The molecule has 3 N–H and O–H groups in total. The number of benzene rings is 2. The van der Waals surface area contributed by atoms with E-state index < -0.39 is 11.9 Å². The predicted octanol–water partition coefficient (Wildman–Crippen LogP) is 3.69. The number of hydrogen-bond donors (Lipinski definition) is 3. The summed E-state index contributed by atoms with van der Waals surface area (Å²) < 4.78 is 6.92. The molecule has 1 heterocycles. The van der Waals surface area contributed by atoms with Crippen LogP contribution in [0.25, 0.3) is 0 Å². The fourth-order valence-corrected chi connectivity index (χ4v) is 4.05. The highest BCUT2D eigenvalue weighted by Gasteiger charge is 2.22. The predicted molar refractivity (Wildman–Crippen MR) is 138 cm³/mol. The molecule has 0 bridgehead atoms. The van der Waals surface area contributed by atoms with Crippen molar-refractivity contribution < 1.29 is 24.3 Å². The lowest BCUT2D eigenvalue weighted by Gasteiger charge is -2.19. The number of aryl methyl sites for hydroxylation is 1. The molecule has 1 unspecified atom stereocenters. The van der Waals surface area contributed by atoms with Crippen molar-refractivity contribution in [2.24, 2.45) is 0 Å². The number of esters is 1. The van der Waals surface area contributed by atoms with Crippen molar-refractivity contribution >= 4 is 17.8 Å². The highest BCUT2D eigenvalue weighted by atomic mass is 16.5. The Morgan fingerprint density at radius 1 is 1.03 bits per heavy atom. The van der Waals surface area contributed by atoms with E-state index in [-0.39, 0.29) is 18.3 Å². The molecule has 0 saturated heterocycles. The monoisotopic (exact) mass is 506 g/mol. The molecular weight excluding hydrogens is 472 g/mol. The quantitative estimate of drug-likeness (QED) is 0.185. The molecule has 9 nitrogen and oxygen atoms in total. The first-order valence-corrected chi connectivity index (χ1v) is 12.5. The Hall–Kier alpha value is -3.98. The molecule has 0 aliphatic carbocycles. The molecule has 0 radical (unpaired) electrons. The van der Waals surface area contributed by atoms with Gasteiger partial charge in [0.15, 0.2) is 0 Å². The van der Waals surface area contributed by atoms with Crippen molar-refractivity contribution in [1.82, 2.24) is 20.3 Å². The summed E-state index contributed by atoms with van der Waals surface area (Å²) >= 11 is 0. The SMILES string of the molecule is CCCCc1ncc(C(=O)NC(CC(=O)NO)Cc2ccccc2)n1Cc1ccc(C(=O)OCC)cc1. The average Bonchev–Trinajstić information content (AvgIpc) is 3.30. The number of aromatic nitrogens is 2. The third-order valence-corrected chi connectivity index (χ3v) is 5.95. The minimum Gasteiger partial charge on any atom is -0.462 e. The first-order valence-electron chi connectivity index (χ1n) is 12.5. The maximum Gasteiger partial charge on any atom is 0.338 e. The van der Waals surface area contributed by atoms with E-state index in [9.17, 15) is 14.4 Å². The molecule has 196 valence electrons. The van der Waals surface area contributed by atoms with Crippen LogP contribution >= 0.6 is 0 Å². The van der Waals surface area contributed by atoms with Gasteiger partial charge in [-0.05, 0) is 43.0 Å². The van der Waals surface area contributed by atoms with Crippen molar-refractivity contribution in [2.75, 3.05) is 6.61 Å². The van der Waals surface area contributed by atoms with Gasteiger partial charge in [-0.25, -0.2) is 15.3 Å². The Labute approximate surface area is 216 Å². The van der Waals surface area contributed by atoms with Crippen molar-refractivity contribution in [1.29, 1.82) is 0 Å². The first-order chi connectivity index (χ1) is 17.9. The number of unbranched alkanes of at least 4 members (excludes halogenated alkanes) is 1. The van der Waals surface area contributed by atoms with Crippen LogP contribution in [0.3, 0.4) is 0 Å². The van der Waals surface area contributed by atoms with Gasteiger partial charge in [0.1, 0.15) is 11.5 Å². The smallest absolute Gasteiger partial charge is 0.338 e. The molecule has 0 spiro atoms. The molecular formula is C28H34N4O5. The number of ether oxygens (including phenoxy) is 1. The van der Waals surface area contributed by atoms with Gasteiger partial charge in [-0.2, -0.15) is 0 Å². The molecule has 2 aromatic carbocycles. The molecule has 3 rings (SSSR count). The number of carbonyl (C=O) groups is 3. The fourth-order valence-electron chi connectivity index (χ4n) is 4.05. The summed E-state index contributed by atoms with van der Waals surface area (Å²) in [6.45, 7) is 4.55. The second-order valence-corrected chi connectivity index (χ2v) is 8.77. The average molecular weight is 507 g/mol. The fraction of sp³-hybridized carbons (Fsp3) is 0.357. The van der Waals surface area contributed by atoms with E-state index in [2.05, 4.69) is 17.2 Å². The summed E-state index contributed by atoms with van der Waals surface area (Å²) in [4.78, 5) is 41.8. The molecule has 0 saturated carbocycles. The van der Waals surface area contributed by atoms with E-state index >= 15 is 0 Å². The molecule has 0 aliphatic heterocycles. The normalized spacial score (nSPS) is 11.5. The van der Waals surface area contributed by atoms with Crippen molar-refractivity contribution in [3.8, 4) is 0 Å². The maximum absolute atomic E-state index is 13.4. The van der Waals surface area contributed by atoms with Gasteiger partial charge in [-0.1, -0.05) is 55.8 Å². The Kier molecular flexibility index (Phi) is 10.4. The molecule has 2 amide bonds. The Morgan fingerprint density at radius 3 is 2.41 bits per heavy atom. The van der Waals surface area contributed by atoms with Crippen LogP contribution in [0.5, 0.6) is 0 Å². The van der Waals surface area contributed by atoms with Gasteiger partial charge in [-0.15, -0.1) is 0 Å². The second kappa shape index (κ2) is 13.9. The zero-order chi connectivity index (χ0) is 26.6. The third-order valence-electron chi connectivity index (χ3n) is 5.95. The zero-order valence-electron chi connectivity index (χ0n) is 21.3. The lowest BCUT2D eigenvalue weighted by atomic mass is 10.0. The highest BCUT2D eigenvalue weighted by molar-refractivity contribution is 5.93. The number of nitrogens with one attached hydrogen (secondary N) is 2. The van der Waals surface area contributed by atoms with Gasteiger partial charge in [0.2, 0.25) is 5.91 Å². The summed E-state index contributed by atoms with van der Waals surface area (Å²) in [5.41, 5.74) is 4.34. The van der Waals surface area contributed by atoms with E-state index in [1.54, 1.807) is 30.7 Å². The summed E-state index contributed by atoms with van der Waals surface area (Å²) in [5.74, 6) is -0.531. The van der Waals surface area contributed by atoms with Crippen LogP contribution in [0, 0.1) is 0 Å². The maximum atomic E-state index is 13.4. The number of imidazole rings is 1. The minimum atomic E-state index is -0.583. The van der Waals surface area contributed by atoms with Gasteiger partial charge < -0.3 is 14.6 Å². The van der Waals surface area contributed by atoms with Crippen LogP contribution < -0.4 is 10.8 Å². The number of hydrogen-bond acceptors (Lipinski definition) is 6. The Balaban J connectivity index is 1.83.